The normalized spacial score (nSPS) is 14.7. The van der Waals surface area contributed by atoms with Crippen LogP contribution in [0.15, 0.2) is 48.5 Å². The molecule has 0 aliphatic carbocycles. The van der Waals surface area contributed by atoms with Gasteiger partial charge in [-0.05, 0) is 42.3 Å². The summed E-state index contributed by atoms with van der Waals surface area (Å²) in [4.78, 5) is 0. The van der Waals surface area contributed by atoms with Gasteiger partial charge in [0.25, 0.3) is 0 Å². The van der Waals surface area contributed by atoms with E-state index in [1.54, 1.807) is 30.3 Å². The first-order valence-electron chi connectivity index (χ1n) is 8.30. The number of rotatable bonds is 7. The average molecular weight is 407 g/mol. The van der Waals surface area contributed by atoms with E-state index in [0.717, 1.165) is 0 Å². The Bertz CT molecular complexity index is 744. The minimum atomic E-state index is -4.93. The Labute approximate surface area is 157 Å². The second-order valence-electron chi connectivity index (χ2n) is 6.34. The smallest absolute Gasteiger partial charge is 0.383 e. The third kappa shape index (κ3) is 5.70. The van der Waals surface area contributed by atoms with Crippen molar-refractivity contribution in [2.45, 2.75) is 31.0 Å². The van der Waals surface area contributed by atoms with Crippen molar-refractivity contribution in [1.29, 1.82) is 0 Å². The predicted octanol–water partition coefficient (Wildman–Crippen LogP) is 4.48. The van der Waals surface area contributed by atoms with Gasteiger partial charge < -0.3 is 15.6 Å². The van der Waals surface area contributed by atoms with Crippen molar-refractivity contribution in [2.24, 2.45) is 5.73 Å². The molecule has 0 saturated heterocycles. The van der Waals surface area contributed by atoms with Crippen LogP contribution in [-0.2, 0) is 29.3 Å². The number of hydrogen-bond donors (Lipinski definition) is 2. The van der Waals surface area contributed by atoms with Gasteiger partial charge in [0.05, 0.1) is 24.3 Å². The Morgan fingerprint density at radius 2 is 1.36 bits per heavy atom. The van der Waals surface area contributed by atoms with Gasteiger partial charge in [-0.2, -0.15) is 26.3 Å². The third-order valence-electron chi connectivity index (χ3n) is 4.13. The van der Waals surface area contributed by atoms with Crippen LogP contribution in [0.1, 0.15) is 28.7 Å². The number of aliphatic hydroxyl groups is 1. The van der Waals surface area contributed by atoms with Crippen LogP contribution in [0.3, 0.4) is 0 Å². The molecule has 0 aliphatic heterocycles. The van der Waals surface area contributed by atoms with Crippen molar-refractivity contribution in [2.75, 3.05) is 13.2 Å². The summed E-state index contributed by atoms with van der Waals surface area (Å²) in [5.74, 6) is 0. The van der Waals surface area contributed by atoms with Crippen molar-refractivity contribution in [3.8, 4) is 0 Å². The molecule has 154 valence electrons. The van der Waals surface area contributed by atoms with Gasteiger partial charge in [-0.1, -0.05) is 30.3 Å². The highest BCUT2D eigenvalue weighted by molar-refractivity contribution is 5.33. The fourth-order valence-electron chi connectivity index (χ4n) is 2.73. The highest BCUT2D eigenvalue weighted by Gasteiger charge is 2.37. The SMILES string of the molecule is NCCC(O)(COCc1cc(C(F)(F)F)cc(C(F)(F)F)c1)c1ccccc1. The zero-order chi connectivity index (χ0) is 21.0. The van der Waals surface area contributed by atoms with Gasteiger partial charge in [-0.3, -0.25) is 0 Å². The van der Waals surface area contributed by atoms with Crippen molar-refractivity contribution in [1.82, 2.24) is 0 Å². The molecule has 28 heavy (non-hydrogen) atoms. The summed E-state index contributed by atoms with van der Waals surface area (Å²) in [6.45, 7) is -0.769. The van der Waals surface area contributed by atoms with Gasteiger partial charge in [0.2, 0.25) is 0 Å². The van der Waals surface area contributed by atoms with Crippen LogP contribution in [0.25, 0.3) is 0 Å². The molecule has 0 heterocycles. The molecule has 2 rings (SSSR count). The maximum atomic E-state index is 12.9. The minimum Gasteiger partial charge on any atom is -0.383 e. The van der Waals surface area contributed by atoms with Crippen LogP contribution < -0.4 is 5.73 Å². The van der Waals surface area contributed by atoms with Crippen LogP contribution in [0, 0.1) is 0 Å². The first kappa shape index (κ1) is 22.2. The molecule has 3 nitrogen and oxygen atoms in total. The molecule has 2 aromatic rings. The average Bonchev–Trinajstić information content (AvgIpc) is 2.61. The second-order valence-corrected chi connectivity index (χ2v) is 6.34. The monoisotopic (exact) mass is 407 g/mol. The zero-order valence-electron chi connectivity index (χ0n) is 14.6. The summed E-state index contributed by atoms with van der Waals surface area (Å²) in [5.41, 5.74) is 1.35. The lowest BCUT2D eigenvalue weighted by atomic mass is 9.91. The maximum Gasteiger partial charge on any atom is 0.416 e. The van der Waals surface area contributed by atoms with E-state index in [4.69, 9.17) is 10.5 Å². The van der Waals surface area contributed by atoms with Gasteiger partial charge in [0.1, 0.15) is 5.60 Å². The van der Waals surface area contributed by atoms with Crippen LogP contribution in [0.5, 0.6) is 0 Å². The summed E-state index contributed by atoms with van der Waals surface area (Å²) in [7, 11) is 0. The molecule has 0 spiro atoms. The van der Waals surface area contributed by atoms with Gasteiger partial charge in [-0.15, -0.1) is 0 Å². The fourth-order valence-corrected chi connectivity index (χ4v) is 2.73. The largest absolute Gasteiger partial charge is 0.416 e. The summed E-state index contributed by atoms with van der Waals surface area (Å²) in [6.07, 6.45) is -9.76. The van der Waals surface area contributed by atoms with Crippen LogP contribution >= 0.6 is 0 Å². The van der Waals surface area contributed by atoms with E-state index in [1.807, 2.05) is 0 Å². The zero-order valence-corrected chi connectivity index (χ0v) is 14.6. The third-order valence-corrected chi connectivity index (χ3v) is 4.13. The Hall–Kier alpha value is -2.10. The van der Waals surface area contributed by atoms with Crippen molar-refractivity contribution >= 4 is 0 Å². The van der Waals surface area contributed by atoms with Gasteiger partial charge in [0.15, 0.2) is 0 Å². The van der Waals surface area contributed by atoms with Gasteiger partial charge in [0, 0.05) is 0 Å². The summed E-state index contributed by atoms with van der Waals surface area (Å²) < 4.78 is 82.7. The number of alkyl halides is 6. The molecule has 0 fully saturated rings. The molecule has 0 aliphatic rings. The molecule has 0 saturated carbocycles. The van der Waals surface area contributed by atoms with Crippen molar-refractivity contribution < 1.29 is 36.2 Å². The number of hydrogen-bond acceptors (Lipinski definition) is 3. The molecule has 1 unspecified atom stereocenters. The van der Waals surface area contributed by atoms with E-state index in [0.29, 0.717) is 17.7 Å². The van der Waals surface area contributed by atoms with Crippen LogP contribution in [0.2, 0.25) is 0 Å². The number of nitrogens with two attached hydrogens (primary N) is 1. The Morgan fingerprint density at radius 1 is 0.821 bits per heavy atom. The molecular weight excluding hydrogens is 388 g/mol. The highest BCUT2D eigenvalue weighted by Crippen LogP contribution is 2.36. The highest BCUT2D eigenvalue weighted by atomic mass is 19.4. The predicted molar refractivity (Wildman–Crippen MR) is 90.1 cm³/mol. The second kappa shape index (κ2) is 8.50. The minimum absolute atomic E-state index is 0.0538. The molecule has 0 aromatic heterocycles. The first-order valence-corrected chi connectivity index (χ1v) is 8.30. The van der Waals surface area contributed by atoms with E-state index < -0.39 is 35.7 Å². The number of halogens is 6. The lowest BCUT2D eigenvalue weighted by molar-refractivity contribution is -0.143. The number of benzene rings is 2. The standard InChI is InChI=1S/C19H19F6NO2/c20-18(21,22)15-8-13(9-16(10-15)19(23,24)25)11-28-12-17(27,6-7-26)14-4-2-1-3-5-14/h1-5,8-10,27H,6-7,11-12,26H2. The van der Waals surface area contributed by atoms with Gasteiger partial charge >= 0.3 is 12.4 Å². The van der Waals surface area contributed by atoms with E-state index in [1.165, 1.54) is 0 Å². The summed E-state index contributed by atoms with van der Waals surface area (Å²) in [6, 6.07) is 9.60. The van der Waals surface area contributed by atoms with Crippen LogP contribution in [-0.4, -0.2) is 18.3 Å². The van der Waals surface area contributed by atoms with Crippen LogP contribution in [0.4, 0.5) is 26.3 Å². The summed E-state index contributed by atoms with van der Waals surface area (Å²) >= 11 is 0. The Kier molecular flexibility index (Phi) is 6.74. The molecule has 3 N–H and O–H groups in total. The Balaban J connectivity index is 2.21. The van der Waals surface area contributed by atoms with Crippen molar-refractivity contribution in [3.63, 3.8) is 0 Å². The lowest BCUT2D eigenvalue weighted by Gasteiger charge is -2.28. The molecular formula is C19H19F6NO2. The Morgan fingerprint density at radius 3 is 1.82 bits per heavy atom. The molecule has 0 bridgehead atoms. The molecule has 0 radical (unpaired) electrons. The van der Waals surface area contributed by atoms with Gasteiger partial charge in [-0.25, -0.2) is 0 Å². The fraction of sp³-hybridized carbons (Fsp3) is 0.368. The van der Waals surface area contributed by atoms with E-state index >= 15 is 0 Å². The van der Waals surface area contributed by atoms with E-state index in [2.05, 4.69) is 0 Å². The summed E-state index contributed by atoms with van der Waals surface area (Å²) in [5, 5.41) is 10.8. The topological polar surface area (TPSA) is 55.5 Å². The number of ether oxygens (including phenoxy) is 1. The molecule has 1 atom stereocenters. The molecule has 0 amide bonds. The first-order chi connectivity index (χ1) is 13.0. The quantitative estimate of drug-likeness (QED) is 0.666. The maximum absolute atomic E-state index is 12.9. The van der Waals surface area contributed by atoms with Crippen molar-refractivity contribution in [3.05, 3.63) is 70.8 Å². The lowest BCUT2D eigenvalue weighted by Crippen LogP contribution is -2.34. The molecule has 9 heteroatoms. The van der Waals surface area contributed by atoms with E-state index in [-0.39, 0.29) is 31.2 Å². The van der Waals surface area contributed by atoms with E-state index in [9.17, 15) is 31.4 Å². The molecule has 2 aromatic carbocycles.